The molecule has 0 saturated carbocycles. The molecule has 0 fully saturated rings. The topological polar surface area (TPSA) is 43.1 Å². The van der Waals surface area contributed by atoms with Crippen molar-refractivity contribution in [2.45, 2.75) is 26.2 Å². The molecule has 0 aromatic heterocycles. The van der Waals surface area contributed by atoms with Crippen LogP contribution in [0, 0.1) is 0 Å². The van der Waals surface area contributed by atoms with Crippen molar-refractivity contribution in [3.8, 4) is 0 Å². The minimum absolute atomic E-state index is 0. The first kappa shape index (κ1) is 11.1. The van der Waals surface area contributed by atoms with E-state index in [0.29, 0.717) is 6.42 Å². The molecule has 3 heteroatoms. The van der Waals surface area contributed by atoms with Gasteiger partial charge in [0.2, 0.25) is 5.91 Å². The molecule has 0 aromatic carbocycles. The molecule has 0 aliphatic rings. The summed E-state index contributed by atoms with van der Waals surface area (Å²) in [4.78, 5) is 9.98. The average Bonchev–Trinajstić information content (AvgIpc) is 1.61. The smallest absolute Gasteiger partial charge is 0.370 e. The second-order valence-corrected chi connectivity index (χ2v) is 1.57. The molecule has 0 atom stereocenters. The first-order valence-corrected chi connectivity index (χ1v) is 2.55. The van der Waals surface area contributed by atoms with E-state index in [4.69, 9.17) is 5.73 Å². The third kappa shape index (κ3) is 9.51. The largest absolute Gasteiger partial charge is 1.00 e. The van der Waals surface area contributed by atoms with E-state index in [0.717, 1.165) is 12.8 Å². The molecule has 0 radical (unpaired) electrons. The zero-order valence-corrected chi connectivity index (χ0v) is 7.07. The van der Waals surface area contributed by atoms with Crippen LogP contribution in [0.25, 0.3) is 0 Å². The number of unbranched alkanes of at least 4 members (excludes halogenated alkanes) is 1. The molecular weight excluding hydrogens is 287 g/mol. The van der Waals surface area contributed by atoms with Gasteiger partial charge < -0.3 is 5.73 Å². The molecule has 0 aliphatic carbocycles. The van der Waals surface area contributed by atoms with Gasteiger partial charge in [-0.05, 0) is 6.42 Å². The summed E-state index contributed by atoms with van der Waals surface area (Å²) < 4.78 is 0. The maximum atomic E-state index is 9.98. The molecule has 0 heterocycles. The summed E-state index contributed by atoms with van der Waals surface area (Å²) in [7, 11) is 0. The van der Waals surface area contributed by atoms with E-state index >= 15 is 0 Å². The van der Waals surface area contributed by atoms with Crippen molar-refractivity contribution >= 4 is 5.91 Å². The predicted octanol–water partition coefficient (Wildman–Crippen LogP) is 0.659. The van der Waals surface area contributed by atoms with Crippen molar-refractivity contribution in [1.82, 2.24) is 0 Å². The molecular formula is C5H11AuNO+. The van der Waals surface area contributed by atoms with E-state index < -0.39 is 0 Å². The van der Waals surface area contributed by atoms with Crippen LogP contribution in [0.4, 0.5) is 0 Å². The van der Waals surface area contributed by atoms with Gasteiger partial charge in [0, 0.05) is 6.42 Å². The minimum atomic E-state index is -0.193. The zero-order valence-electron chi connectivity index (χ0n) is 4.91. The van der Waals surface area contributed by atoms with Gasteiger partial charge in [-0.3, -0.25) is 4.79 Å². The second kappa shape index (κ2) is 7.21. The van der Waals surface area contributed by atoms with Crippen molar-refractivity contribution < 1.29 is 27.2 Å². The van der Waals surface area contributed by atoms with Crippen molar-refractivity contribution in [1.29, 1.82) is 0 Å². The molecule has 8 heavy (non-hydrogen) atoms. The van der Waals surface area contributed by atoms with Crippen LogP contribution in [-0.2, 0) is 27.2 Å². The SMILES string of the molecule is CCCCC(N)=O.[Au+]. The second-order valence-electron chi connectivity index (χ2n) is 1.57. The number of hydrogen-bond acceptors (Lipinski definition) is 1. The average molecular weight is 298 g/mol. The molecule has 0 bridgehead atoms. The van der Waals surface area contributed by atoms with Crippen LogP contribution in [0.15, 0.2) is 0 Å². The summed E-state index contributed by atoms with van der Waals surface area (Å²) >= 11 is 0. The number of hydrogen-bond donors (Lipinski definition) is 1. The fourth-order valence-electron chi connectivity index (χ4n) is 0.351. The summed E-state index contributed by atoms with van der Waals surface area (Å²) in [6.45, 7) is 2.03. The molecule has 0 aliphatic heterocycles. The predicted molar refractivity (Wildman–Crippen MR) is 28.7 cm³/mol. The van der Waals surface area contributed by atoms with Gasteiger partial charge in [-0.15, -0.1) is 0 Å². The van der Waals surface area contributed by atoms with E-state index in [-0.39, 0.29) is 28.3 Å². The first-order valence-electron chi connectivity index (χ1n) is 2.55. The molecule has 0 unspecified atom stereocenters. The van der Waals surface area contributed by atoms with Crippen LogP contribution in [0.3, 0.4) is 0 Å². The van der Waals surface area contributed by atoms with E-state index in [1.54, 1.807) is 0 Å². The molecule has 52 valence electrons. The van der Waals surface area contributed by atoms with Crippen molar-refractivity contribution in [2.24, 2.45) is 5.73 Å². The number of amides is 1. The fourth-order valence-corrected chi connectivity index (χ4v) is 0.351. The Morgan fingerprint density at radius 2 is 2.12 bits per heavy atom. The van der Waals surface area contributed by atoms with E-state index in [1.807, 2.05) is 6.92 Å². The summed E-state index contributed by atoms with van der Waals surface area (Å²) in [5.74, 6) is -0.193. The van der Waals surface area contributed by atoms with Crippen LogP contribution >= 0.6 is 0 Å². The number of nitrogens with two attached hydrogens (primary N) is 1. The standard InChI is InChI=1S/C5H11NO.Au/c1-2-3-4-5(6)7;/h2-4H2,1H3,(H2,6,7);/q;+1. The maximum absolute atomic E-state index is 9.98. The normalized spacial score (nSPS) is 7.62. The molecule has 0 saturated heterocycles. The summed E-state index contributed by atoms with van der Waals surface area (Å²) in [5, 5.41) is 0. The Labute approximate surface area is 65.3 Å². The van der Waals surface area contributed by atoms with Crippen LogP contribution in [0.5, 0.6) is 0 Å². The third-order valence-corrected chi connectivity index (χ3v) is 0.777. The van der Waals surface area contributed by atoms with Crippen molar-refractivity contribution in [3.63, 3.8) is 0 Å². The first-order chi connectivity index (χ1) is 3.27. The van der Waals surface area contributed by atoms with Crippen molar-refractivity contribution in [2.75, 3.05) is 0 Å². The van der Waals surface area contributed by atoms with Crippen LogP contribution < -0.4 is 5.73 Å². The van der Waals surface area contributed by atoms with Gasteiger partial charge >= 0.3 is 22.4 Å². The summed E-state index contributed by atoms with van der Waals surface area (Å²) in [6.07, 6.45) is 2.51. The number of primary amides is 1. The van der Waals surface area contributed by atoms with Gasteiger partial charge in [-0.25, -0.2) is 0 Å². The Morgan fingerprint density at radius 3 is 2.25 bits per heavy atom. The molecule has 2 N–H and O–H groups in total. The Balaban J connectivity index is 0. The number of carbonyl (C=O) groups excluding carboxylic acids is 1. The fraction of sp³-hybridized carbons (Fsp3) is 0.800. The summed E-state index contributed by atoms with van der Waals surface area (Å²) in [5.41, 5.74) is 4.84. The van der Waals surface area contributed by atoms with E-state index in [1.165, 1.54) is 0 Å². The Hall–Kier alpha value is 0.210. The zero-order chi connectivity index (χ0) is 5.70. The minimum Gasteiger partial charge on any atom is -0.370 e. The third-order valence-electron chi connectivity index (χ3n) is 0.777. The summed E-state index contributed by atoms with van der Waals surface area (Å²) in [6, 6.07) is 0. The van der Waals surface area contributed by atoms with E-state index in [2.05, 4.69) is 0 Å². The Bertz CT molecular complexity index is 65.4. The number of carbonyl (C=O) groups is 1. The molecule has 2 nitrogen and oxygen atoms in total. The molecule has 1 amide bonds. The Morgan fingerprint density at radius 1 is 1.62 bits per heavy atom. The molecule has 0 spiro atoms. The van der Waals surface area contributed by atoms with Crippen LogP contribution in [0.1, 0.15) is 26.2 Å². The van der Waals surface area contributed by atoms with Gasteiger partial charge in [-0.1, -0.05) is 13.3 Å². The van der Waals surface area contributed by atoms with Gasteiger partial charge in [0.05, 0.1) is 0 Å². The Kier molecular flexibility index (Phi) is 9.97. The van der Waals surface area contributed by atoms with Crippen molar-refractivity contribution in [3.05, 3.63) is 0 Å². The van der Waals surface area contributed by atoms with Gasteiger partial charge in [0.1, 0.15) is 0 Å². The van der Waals surface area contributed by atoms with E-state index in [9.17, 15) is 4.79 Å². The van der Waals surface area contributed by atoms with Crippen LogP contribution in [-0.4, -0.2) is 5.91 Å². The monoisotopic (exact) mass is 298 g/mol. The van der Waals surface area contributed by atoms with Gasteiger partial charge in [0.25, 0.3) is 0 Å². The quantitative estimate of drug-likeness (QED) is 0.764. The maximum Gasteiger partial charge on any atom is 1.00 e. The molecule has 0 rings (SSSR count). The van der Waals surface area contributed by atoms with Gasteiger partial charge in [-0.2, -0.15) is 0 Å². The molecule has 0 aromatic rings. The van der Waals surface area contributed by atoms with Crippen LogP contribution in [0.2, 0.25) is 0 Å². The van der Waals surface area contributed by atoms with Gasteiger partial charge in [0.15, 0.2) is 0 Å². The number of rotatable bonds is 3.